The predicted octanol–water partition coefficient (Wildman–Crippen LogP) is 3.20. The van der Waals surface area contributed by atoms with Crippen LogP contribution in [0.1, 0.15) is 36.0 Å². The number of nitrogens with zero attached hydrogens (tertiary/aromatic N) is 3. The van der Waals surface area contributed by atoms with Crippen molar-refractivity contribution in [1.29, 1.82) is 5.26 Å². The van der Waals surface area contributed by atoms with Crippen LogP contribution in [0.5, 0.6) is 0 Å². The quantitative estimate of drug-likeness (QED) is 0.707. The van der Waals surface area contributed by atoms with Crippen LogP contribution in [-0.2, 0) is 21.8 Å². The number of nitrogens with one attached hydrogen (secondary N) is 1. The van der Waals surface area contributed by atoms with E-state index < -0.39 is 9.71 Å². The fourth-order valence-corrected chi connectivity index (χ4v) is 5.66. The Kier molecular flexibility index (Phi) is 6.23. The molecule has 164 valence electrons. The van der Waals surface area contributed by atoms with E-state index in [-0.39, 0.29) is 5.54 Å². The minimum atomic E-state index is -2.26. The van der Waals surface area contributed by atoms with Crippen LogP contribution in [0.25, 0.3) is 11.1 Å². The number of hydrogen-bond donors (Lipinski definition) is 1. The van der Waals surface area contributed by atoms with E-state index in [2.05, 4.69) is 69.9 Å². The molecule has 2 aliphatic rings. The zero-order chi connectivity index (χ0) is 22.1. The number of nitriles is 1. The van der Waals surface area contributed by atoms with Crippen LogP contribution in [0, 0.1) is 11.3 Å². The molecule has 1 heterocycles. The highest BCUT2D eigenvalue weighted by atomic mass is 32.2. The van der Waals surface area contributed by atoms with E-state index in [0.29, 0.717) is 5.56 Å². The van der Waals surface area contributed by atoms with Crippen LogP contribution in [0.4, 0.5) is 0 Å². The zero-order valence-corrected chi connectivity index (χ0v) is 19.4. The molecule has 4 rings (SSSR count). The average molecular weight is 437 g/mol. The molecule has 31 heavy (non-hydrogen) atoms. The fourth-order valence-electron chi connectivity index (χ4n) is 4.51. The van der Waals surface area contributed by atoms with Crippen LogP contribution in [0.2, 0.25) is 0 Å². The maximum atomic E-state index is 12.1. The van der Waals surface area contributed by atoms with Gasteiger partial charge < -0.3 is 4.90 Å². The van der Waals surface area contributed by atoms with Crippen LogP contribution >= 0.6 is 0 Å². The number of likely N-dealkylation sites (N-methyl/N-ethyl adjacent to an activating group) is 1. The minimum absolute atomic E-state index is 0.213. The van der Waals surface area contributed by atoms with Gasteiger partial charge in [0.2, 0.25) is 0 Å². The Bertz CT molecular complexity index is 1080. The Morgan fingerprint density at radius 2 is 1.87 bits per heavy atom. The van der Waals surface area contributed by atoms with Crippen LogP contribution in [0.3, 0.4) is 0 Å². The Hall–Kier alpha value is -2.17. The molecule has 2 aromatic carbocycles. The summed E-state index contributed by atoms with van der Waals surface area (Å²) in [5, 5.41) is 9.79. The normalized spacial score (nSPS) is 21.1. The third-order valence-electron chi connectivity index (χ3n) is 6.33. The van der Waals surface area contributed by atoms with Gasteiger partial charge in [0.25, 0.3) is 0 Å². The van der Waals surface area contributed by atoms with Crippen molar-refractivity contribution in [2.45, 2.75) is 31.3 Å². The van der Waals surface area contributed by atoms with Crippen molar-refractivity contribution in [2.75, 3.05) is 39.5 Å². The summed E-state index contributed by atoms with van der Waals surface area (Å²) in [7, 11) is -0.0839. The number of rotatable bonds is 6. The largest absolute Gasteiger partial charge is 0.305 e. The molecule has 0 spiro atoms. The molecule has 2 aromatic rings. The molecule has 1 atom stereocenters. The molecule has 1 aliphatic carbocycles. The fraction of sp³-hybridized carbons (Fsp3) is 0.440. The van der Waals surface area contributed by atoms with E-state index in [1.165, 1.54) is 12.0 Å². The van der Waals surface area contributed by atoms with Gasteiger partial charge in [-0.25, -0.2) is 4.72 Å². The van der Waals surface area contributed by atoms with E-state index in [4.69, 9.17) is 0 Å². The Morgan fingerprint density at radius 3 is 2.52 bits per heavy atom. The summed E-state index contributed by atoms with van der Waals surface area (Å²) in [6, 6.07) is 17.0. The molecular weight excluding hydrogens is 404 g/mol. The first kappa shape index (κ1) is 22.0. The molecule has 6 heteroatoms. The van der Waals surface area contributed by atoms with Crippen molar-refractivity contribution in [3.63, 3.8) is 0 Å². The van der Waals surface area contributed by atoms with E-state index in [1.54, 1.807) is 6.26 Å². The lowest BCUT2D eigenvalue weighted by atomic mass is 9.95. The highest BCUT2D eigenvalue weighted by Gasteiger charge is 2.45. The van der Waals surface area contributed by atoms with Crippen LogP contribution in [-0.4, -0.2) is 59.4 Å². The van der Waals surface area contributed by atoms with Gasteiger partial charge >= 0.3 is 0 Å². The van der Waals surface area contributed by atoms with Gasteiger partial charge in [-0.3, -0.25) is 9.11 Å². The molecule has 1 N–H and O–H groups in total. The smallest absolute Gasteiger partial charge is 0.0998 e. The maximum Gasteiger partial charge on any atom is 0.0998 e. The highest BCUT2D eigenvalue weighted by Crippen LogP contribution is 2.46. The molecule has 5 nitrogen and oxygen atoms in total. The first-order valence-corrected chi connectivity index (χ1v) is 13.1. The van der Waals surface area contributed by atoms with Crippen molar-refractivity contribution >= 4 is 15.6 Å². The molecule has 0 amide bonds. The van der Waals surface area contributed by atoms with E-state index in [9.17, 15) is 9.47 Å². The second-order valence-corrected chi connectivity index (χ2v) is 11.4. The first-order valence-electron chi connectivity index (χ1n) is 10.9. The van der Waals surface area contributed by atoms with E-state index in [1.807, 2.05) is 6.07 Å². The second-order valence-electron chi connectivity index (χ2n) is 9.19. The SMILES string of the molecule is C=S(C)(=O)NC1(c2ccc(-c3ccc(CN4CCCN(C)CC4)cc3C#N)cc2)CC1. The van der Waals surface area contributed by atoms with Gasteiger partial charge in [-0.2, -0.15) is 5.26 Å². The third kappa shape index (κ3) is 5.36. The van der Waals surface area contributed by atoms with Gasteiger partial charge in [-0.15, -0.1) is 0 Å². The predicted molar refractivity (Wildman–Crippen MR) is 129 cm³/mol. The number of hydrogen-bond acceptors (Lipinski definition) is 4. The minimum Gasteiger partial charge on any atom is -0.305 e. The molecule has 2 fully saturated rings. The summed E-state index contributed by atoms with van der Waals surface area (Å²) >= 11 is 0. The molecule has 1 aliphatic heterocycles. The first-order chi connectivity index (χ1) is 14.8. The monoisotopic (exact) mass is 436 g/mol. The van der Waals surface area contributed by atoms with Crippen molar-refractivity contribution in [1.82, 2.24) is 14.5 Å². The Morgan fingerprint density at radius 1 is 1.13 bits per heavy atom. The molecule has 1 saturated heterocycles. The van der Waals surface area contributed by atoms with Gasteiger partial charge in [0.1, 0.15) is 0 Å². The Labute approximate surface area is 186 Å². The summed E-state index contributed by atoms with van der Waals surface area (Å²) in [4.78, 5) is 4.86. The maximum absolute atomic E-state index is 12.1. The molecule has 1 unspecified atom stereocenters. The Balaban J connectivity index is 1.51. The van der Waals surface area contributed by atoms with Gasteiger partial charge in [0, 0.05) is 35.6 Å². The lowest BCUT2D eigenvalue weighted by Crippen LogP contribution is -2.33. The third-order valence-corrected chi connectivity index (χ3v) is 7.16. The zero-order valence-electron chi connectivity index (χ0n) is 18.6. The van der Waals surface area contributed by atoms with Crippen molar-refractivity contribution in [2.24, 2.45) is 0 Å². The lowest BCUT2D eigenvalue weighted by Gasteiger charge is -2.21. The highest BCUT2D eigenvalue weighted by molar-refractivity contribution is 7.97. The van der Waals surface area contributed by atoms with Crippen molar-refractivity contribution in [3.05, 3.63) is 59.2 Å². The second kappa shape index (κ2) is 8.76. The van der Waals surface area contributed by atoms with Crippen LogP contribution < -0.4 is 4.72 Å². The molecule has 0 radical (unpaired) electrons. The summed E-state index contributed by atoms with van der Waals surface area (Å²) < 4.78 is 15.3. The van der Waals surface area contributed by atoms with Gasteiger partial charge in [-0.1, -0.05) is 36.4 Å². The summed E-state index contributed by atoms with van der Waals surface area (Å²) in [5.41, 5.74) is 4.82. The summed E-state index contributed by atoms with van der Waals surface area (Å²) in [6.07, 6.45) is 4.77. The van der Waals surface area contributed by atoms with Gasteiger partial charge in [-0.05, 0) is 73.6 Å². The van der Waals surface area contributed by atoms with Gasteiger partial charge in [0.05, 0.1) is 17.2 Å². The van der Waals surface area contributed by atoms with Crippen molar-refractivity contribution in [3.8, 4) is 17.2 Å². The topological polar surface area (TPSA) is 59.4 Å². The van der Waals surface area contributed by atoms with Crippen molar-refractivity contribution < 1.29 is 4.21 Å². The molecule has 1 saturated carbocycles. The standard InChI is InChI=1S/C25H32N4OS/c1-28-13-4-14-29(16-15-28)19-20-5-10-24(22(17-20)18-26)21-6-8-23(9-7-21)25(11-12-25)27-31(2,3)30/h5-10,17H,2,4,11-16,19H2,1,3H3,(H,27,30). The van der Waals surface area contributed by atoms with E-state index >= 15 is 0 Å². The lowest BCUT2D eigenvalue weighted by molar-refractivity contribution is 0.269. The van der Waals surface area contributed by atoms with Crippen LogP contribution in [0.15, 0.2) is 42.5 Å². The molecule has 0 aromatic heterocycles. The number of benzene rings is 2. The summed E-state index contributed by atoms with van der Waals surface area (Å²) in [6.45, 7) is 5.29. The molecule has 0 bridgehead atoms. The van der Waals surface area contributed by atoms with Gasteiger partial charge in [0.15, 0.2) is 0 Å². The summed E-state index contributed by atoms with van der Waals surface area (Å²) in [5.74, 6) is 3.74. The average Bonchev–Trinajstić information content (AvgIpc) is 3.53. The molecular formula is C25H32N4OS. The van der Waals surface area contributed by atoms with E-state index in [0.717, 1.165) is 62.3 Å².